The number of sulfone groups is 1. The summed E-state index contributed by atoms with van der Waals surface area (Å²) < 4.78 is 23.3. The van der Waals surface area contributed by atoms with E-state index in [0.29, 0.717) is 5.75 Å². The lowest BCUT2D eigenvalue weighted by atomic mass is 10.1. The van der Waals surface area contributed by atoms with Crippen LogP contribution in [0.5, 0.6) is 0 Å². The molecule has 1 aliphatic rings. The van der Waals surface area contributed by atoms with Crippen molar-refractivity contribution in [2.75, 3.05) is 16.8 Å². The first-order valence-corrected chi connectivity index (χ1v) is 9.07. The zero-order valence-corrected chi connectivity index (χ0v) is 12.6. The van der Waals surface area contributed by atoms with Gasteiger partial charge in [0.15, 0.2) is 9.84 Å². The first-order valence-electron chi connectivity index (χ1n) is 7.25. The molecule has 0 saturated carbocycles. The highest BCUT2D eigenvalue weighted by Gasteiger charge is 2.24. The Kier molecular flexibility index (Phi) is 3.97. The van der Waals surface area contributed by atoms with E-state index in [0.717, 1.165) is 24.1 Å². The lowest BCUT2D eigenvalue weighted by molar-refractivity contribution is 0.562. The number of benzene rings is 2. The maximum atomic E-state index is 11.7. The van der Waals surface area contributed by atoms with Crippen molar-refractivity contribution in [3.05, 3.63) is 54.6 Å². The van der Waals surface area contributed by atoms with Crippen LogP contribution in [0.25, 0.3) is 11.1 Å². The molecule has 1 aliphatic heterocycles. The molecule has 3 nitrogen and oxygen atoms in total. The minimum atomic E-state index is -2.87. The summed E-state index contributed by atoms with van der Waals surface area (Å²) in [5.41, 5.74) is 3.33. The van der Waals surface area contributed by atoms with Gasteiger partial charge in [-0.05, 0) is 36.1 Å². The summed E-state index contributed by atoms with van der Waals surface area (Å²) in [4.78, 5) is 0. The average Bonchev–Trinajstić information content (AvgIpc) is 2.48. The molecule has 0 spiro atoms. The summed E-state index contributed by atoms with van der Waals surface area (Å²) in [7, 11) is -2.87. The molecule has 1 atom stereocenters. The van der Waals surface area contributed by atoms with Crippen molar-refractivity contribution in [1.82, 2.24) is 0 Å². The van der Waals surface area contributed by atoms with Gasteiger partial charge in [-0.1, -0.05) is 42.5 Å². The van der Waals surface area contributed by atoms with Crippen molar-refractivity contribution in [3.8, 4) is 11.1 Å². The van der Waals surface area contributed by atoms with Gasteiger partial charge >= 0.3 is 0 Å². The molecule has 0 bridgehead atoms. The quantitative estimate of drug-likeness (QED) is 0.945. The van der Waals surface area contributed by atoms with Gasteiger partial charge in [-0.15, -0.1) is 0 Å². The van der Waals surface area contributed by atoms with Crippen LogP contribution in [-0.2, 0) is 9.84 Å². The van der Waals surface area contributed by atoms with E-state index in [1.54, 1.807) is 0 Å². The van der Waals surface area contributed by atoms with Crippen LogP contribution in [0.1, 0.15) is 12.8 Å². The molecule has 21 heavy (non-hydrogen) atoms. The molecule has 0 aromatic heterocycles. The predicted molar refractivity (Wildman–Crippen MR) is 87.2 cm³/mol. The molecular formula is C17H19NO2S. The van der Waals surface area contributed by atoms with E-state index in [1.165, 1.54) is 5.56 Å². The second kappa shape index (κ2) is 5.90. The fraction of sp³-hybridized carbons (Fsp3) is 0.294. The topological polar surface area (TPSA) is 46.2 Å². The Morgan fingerprint density at radius 2 is 1.57 bits per heavy atom. The molecule has 110 valence electrons. The third-order valence-electron chi connectivity index (χ3n) is 3.83. The van der Waals surface area contributed by atoms with Gasteiger partial charge < -0.3 is 5.32 Å². The molecule has 1 saturated heterocycles. The minimum absolute atomic E-state index is 0.0336. The van der Waals surface area contributed by atoms with Crippen LogP contribution in [0.3, 0.4) is 0 Å². The van der Waals surface area contributed by atoms with Gasteiger partial charge in [-0.25, -0.2) is 8.42 Å². The fourth-order valence-corrected chi connectivity index (χ4v) is 4.40. The third kappa shape index (κ3) is 3.64. The second-order valence-corrected chi connectivity index (χ2v) is 7.77. The number of nitrogens with one attached hydrogen (secondary N) is 1. The Hall–Kier alpha value is -1.81. The Balaban J connectivity index is 1.70. The van der Waals surface area contributed by atoms with Crippen LogP contribution in [0.2, 0.25) is 0 Å². The van der Waals surface area contributed by atoms with E-state index >= 15 is 0 Å². The van der Waals surface area contributed by atoms with Gasteiger partial charge in [0.25, 0.3) is 0 Å². The van der Waals surface area contributed by atoms with Crippen molar-refractivity contribution in [2.24, 2.45) is 0 Å². The van der Waals surface area contributed by atoms with Gasteiger partial charge in [0.2, 0.25) is 0 Å². The molecular weight excluding hydrogens is 282 g/mol. The number of hydrogen-bond donors (Lipinski definition) is 1. The molecule has 1 unspecified atom stereocenters. The van der Waals surface area contributed by atoms with Crippen LogP contribution in [0.4, 0.5) is 5.69 Å². The Morgan fingerprint density at radius 3 is 2.24 bits per heavy atom. The summed E-state index contributed by atoms with van der Waals surface area (Å²) >= 11 is 0. The number of hydrogen-bond acceptors (Lipinski definition) is 3. The van der Waals surface area contributed by atoms with E-state index in [1.807, 2.05) is 30.3 Å². The summed E-state index contributed by atoms with van der Waals surface area (Å²) in [5.74, 6) is 0.575. The lowest BCUT2D eigenvalue weighted by Crippen LogP contribution is -2.34. The summed E-state index contributed by atoms with van der Waals surface area (Å²) in [6.07, 6.45) is 1.67. The predicted octanol–water partition coefficient (Wildman–Crippen LogP) is 3.34. The monoisotopic (exact) mass is 301 g/mol. The zero-order chi connectivity index (χ0) is 14.7. The maximum absolute atomic E-state index is 11.7. The maximum Gasteiger partial charge on any atom is 0.152 e. The van der Waals surface area contributed by atoms with E-state index in [-0.39, 0.29) is 11.8 Å². The van der Waals surface area contributed by atoms with Gasteiger partial charge in [-0.3, -0.25) is 0 Å². The highest BCUT2D eigenvalue weighted by Crippen LogP contribution is 2.23. The molecule has 2 aromatic carbocycles. The Labute approximate surface area is 125 Å². The van der Waals surface area contributed by atoms with Crippen molar-refractivity contribution in [2.45, 2.75) is 18.9 Å². The van der Waals surface area contributed by atoms with E-state index in [4.69, 9.17) is 0 Å². The molecule has 3 rings (SSSR count). The van der Waals surface area contributed by atoms with Crippen LogP contribution in [0.15, 0.2) is 54.6 Å². The SMILES string of the molecule is O=S1(=O)CCCC(Nc2ccc(-c3ccccc3)cc2)C1. The summed E-state index contributed by atoms with van der Waals surface area (Å²) in [6, 6.07) is 18.4. The van der Waals surface area contributed by atoms with E-state index in [9.17, 15) is 8.42 Å². The standard InChI is InChI=1S/C17H19NO2S/c19-21(20)12-4-7-17(13-21)18-16-10-8-15(9-11-16)14-5-2-1-3-6-14/h1-3,5-6,8-11,17-18H,4,7,12-13H2. The van der Waals surface area contributed by atoms with Crippen molar-refractivity contribution in [1.29, 1.82) is 0 Å². The normalized spacial score (nSPS) is 20.9. The molecule has 0 aliphatic carbocycles. The largest absolute Gasteiger partial charge is 0.381 e. The first kappa shape index (κ1) is 14.1. The molecule has 1 N–H and O–H groups in total. The molecule has 1 heterocycles. The minimum Gasteiger partial charge on any atom is -0.381 e. The highest BCUT2D eigenvalue weighted by molar-refractivity contribution is 7.91. The van der Waals surface area contributed by atoms with Crippen LogP contribution in [-0.4, -0.2) is 26.0 Å². The zero-order valence-electron chi connectivity index (χ0n) is 11.8. The molecule has 2 aromatic rings. The van der Waals surface area contributed by atoms with Crippen molar-refractivity contribution < 1.29 is 8.42 Å². The van der Waals surface area contributed by atoms with E-state index in [2.05, 4.69) is 29.6 Å². The van der Waals surface area contributed by atoms with Gasteiger partial charge in [0.1, 0.15) is 0 Å². The van der Waals surface area contributed by atoms with E-state index < -0.39 is 9.84 Å². The molecule has 0 radical (unpaired) electrons. The summed E-state index contributed by atoms with van der Waals surface area (Å²) in [6.45, 7) is 0. The van der Waals surface area contributed by atoms with Crippen LogP contribution in [0, 0.1) is 0 Å². The third-order valence-corrected chi connectivity index (χ3v) is 5.65. The smallest absolute Gasteiger partial charge is 0.152 e. The van der Waals surface area contributed by atoms with Gasteiger partial charge in [-0.2, -0.15) is 0 Å². The van der Waals surface area contributed by atoms with Gasteiger partial charge in [0, 0.05) is 11.7 Å². The molecule has 4 heteroatoms. The van der Waals surface area contributed by atoms with Crippen LogP contribution >= 0.6 is 0 Å². The summed E-state index contributed by atoms with van der Waals surface area (Å²) in [5, 5.41) is 3.34. The molecule has 0 amide bonds. The molecule has 1 fully saturated rings. The highest BCUT2D eigenvalue weighted by atomic mass is 32.2. The number of anilines is 1. The average molecular weight is 301 g/mol. The first-order chi connectivity index (χ1) is 10.1. The van der Waals surface area contributed by atoms with Gasteiger partial charge in [0.05, 0.1) is 11.5 Å². The number of rotatable bonds is 3. The Morgan fingerprint density at radius 1 is 0.905 bits per heavy atom. The van der Waals surface area contributed by atoms with Crippen LogP contribution < -0.4 is 5.32 Å². The second-order valence-electron chi connectivity index (χ2n) is 5.54. The van der Waals surface area contributed by atoms with Crippen molar-refractivity contribution in [3.63, 3.8) is 0 Å². The lowest BCUT2D eigenvalue weighted by Gasteiger charge is -2.24. The Bertz CT molecular complexity index is 693. The fourth-order valence-electron chi connectivity index (χ4n) is 2.76. The van der Waals surface area contributed by atoms with Crippen molar-refractivity contribution >= 4 is 15.5 Å².